The third kappa shape index (κ3) is 7.29. The van der Waals surface area contributed by atoms with Gasteiger partial charge in [-0.15, -0.1) is 0 Å². The molecule has 0 aliphatic carbocycles. The summed E-state index contributed by atoms with van der Waals surface area (Å²) in [5.41, 5.74) is 0. The maximum absolute atomic E-state index is 11.1. The second-order valence-corrected chi connectivity index (χ2v) is 5.09. The highest BCUT2D eigenvalue weighted by Crippen LogP contribution is 2.06. The Morgan fingerprint density at radius 3 is 2.47 bits per heavy atom. The van der Waals surface area contributed by atoms with Crippen LogP contribution in [0.4, 0.5) is 0 Å². The number of nitrogens with one attached hydrogen (secondary N) is 1. The Morgan fingerprint density at radius 1 is 1.47 bits per heavy atom. The lowest BCUT2D eigenvalue weighted by Crippen LogP contribution is -2.33. The van der Waals surface area contributed by atoms with Crippen molar-refractivity contribution in [1.29, 1.82) is 0 Å². The van der Waals surface area contributed by atoms with Crippen LogP contribution in [-0.4, -0.2) is 43.5 Å². The van der Waals surface area contributed by atoms with Crippen molar-refractivity contribution >= 4 is 16.0 Å². The highest BCUT2D eigenvalue weighted by atomic mass is 32.2. The molecule has 0 amide bonds. The van der Waals surface area contributed by atoms with Crippen LogP contribution in [0.15, 0.2) is 0 Å². The normalized spacial score (nSPS) is 13.7. The first-order valence-electron chi connectivity index (χ1n) is 4.71. The van der Waals surface area contributed by atoms with E-state index in [9.17, 15) is 13.2 Å². The van der Waals surface area contributed by atoms with Crippen LogP contribution in [-0.2, 0) is 14.8 Å². The molecule has 0 bridgehead atoms. The van der Waals surface area contributed by atoms with Crippen molar-refractivity contribution in [2.75, 3.05) is 18.9 Å². The molecule has 0 saturated heterocycles. The van der Waals surface area contributed by atoms with Gasteiger partial charge < -0.3 is 10.2 Å². The Hall–Kier alpha value is -0.660. The molecule has 3 N–H and O–H groups in total. The summed E-state index contributed by atoms with van der Waals surface area (Å²) < 4.78 is 24.4. The zero-order valence-electron chi connectivity index (χ0n) is 8.64. The first-order valence-corrected chi connectivity index (χ1v) is 6.36. The van der Waals surface area contributed by atoms with Crippen LogP contribution >= 0.6 is 0 Å². The van der Waals surface area contributed by atoms with Crippen LogP contribution in [0.1, 0.15) is 19.8 Å². The van der Waals surface area contributed by atoms with Gasteiger partial charge in [0.2, 0.25) is 10.0 Å². The number of carboxylic acids is 1. The van der Waals surface area contributed by atoms with E-state index in [-0.39, 0.29) is 19.1 Å². The van der Waals surface area contributed by atoms with Crippen molar-refractivity contribution in [1.82, 2.24) is 4.72 Å². The third-order valence-electron chi connectivity index (χ3n) is 2.02. The molecule has 6 nitrogen and oxygen atoms in total. The topological polar surface area (TPSA) is 104 Å². The maximum Gasteiger partial charge on any atom is 0.320 e. The fraction of sp³-hybridized carbons (Fsp3) is 0.875. The summed E-state index contributed by atoms with van der Waals surface area (Å²) >= 11 is 0. The molecule has 0 radical (unpaired) electrons. The maximum atomic E-state index is 11.1. The van der Waals surface area contributed by atoms with Crippen molar-refractivity contribution in [3.63, 3.8) is 0 Å². The largest absolute Gasteiger partial charge is 0.480 e. The van der Waals surface area contributed by atoms with E-state index in [1.165, 1.54) is 0 Å². The molecule has 0 saturated carbocycles. The minimum Gasteiger partial charge on any atom is -0.480 e. The quantitative estimate of drug-likeness (QED) is 0.524. The van der Waals surface area contributed by atoms with Gasteiger partial charge in [-0.3, -0.25) is 4.79 Å². The van der Waals surface area contributed by atoms with E-state index in [0.717, 1.165) is 6.42 Å². The highest BCUT2D eigenvalue weighted by molar-refractivity contribution is 7.90. The van der Waals surface area contributed by atoms with Gasteiger partial charge in [0.1, 0.15) is 0 Å². The van der Waals surface area contributed by atoms with Gasteiger partial charge in [0.15, 0.2) is 5.75 Å². The number of aliphatic hydroxyl groups is 1. The molecule has 0 spiro atoms. The number of sulfonamides is 1. The number of aliphatic carboxylic acids is 1. The molecule has 0 aromatic heterocycles. The van der Waals surface area contributed by atoms with Gasteiger partial charge in [0.25, 0.3) is 0 Å². The molecule has 90 valence electrons. The summed E-state index contributed by atoms with van der Waals surface area (Å²) in [6.45, 7) is 2.05. The number of carboxylic acid groups (broad SMARTS) is 1. The zero-order chi connectivity index (χ0) is 11.9. The van der Waals surface area contributed by atoms with Gasteiger partial charge in [-0.05, 0) is 12.3 Å². The minimum absolute atomic E-state index is 0.000829. The fourth-order valence-electron chi connectivity index (χ4n) is 1.09. The molecule has 0 fully saturated rings. The summed E-state index contributed by atoms with van der Waals surface area (Å²) in [7, 11) is -3.74. The van der Waals surface area contributed by atoms with E-state index in [1.807, 2.05) is 6.92 Å². The van der Waals surface area contributed by atoms with Gasteiger partial charge in [-0.25, -0.2) is 13.1 Å². The van der Waals surface area contributed by atoms with Gasteiger partial charge >= 0.3 is 5.97 Å². The molecule has 0 heterocycles. The van der Waals surface area contributed by atoms with Crippen molar-refractivity contribution in [2.24, 2.45) is 5.92 Å². The summed E-state index contributed by atoms with van der Waals surface area (Å²) in [4.78, 5) is 10.2. The SMILES string of the molecule is CCC(CCO)CNS(=O)(=O)CC(=O)O. The molecule has 1 unspecified atom stereocenters. The summed E-state index contributed by atoms with van der Waals surface area (Å²) in [5, 5.41) is 17.0. The Kier molecular flexibility index (Phi) is 6.46. The summed E-state index contributed by atoms with van der Waals surface area (Å²) in [6, 6.07) is 0. The average molecular weight is 239 g/mol. The third-order valence-corrected chi connectivity index (χ3v) is 3.25. The summed E-state index contributed by atoms with van der Waals surface area (Å²) in [5.74, 6) is -2.25. The summed E-state index contributed by atoms with van der Waals surface area (Å²) in [6.07, 6.45) is 1.24. The molecule has 0 aliphatic rings. The second-order valence-electron chi connectivity index (χ2n) is 3.29. The Labute approximate surface area is 89.4 Å². The first-order chi connectivity index (χ1) is 6.91. The highest BCUT2D eigenvalue weighted by Gasteiger charge is 2.16. The molecule has 0 rings (SSSR count). The van der Waals surface area contributed by atoms with Crippen molar-refractivity contribution in [3.05, 3.63) is 0 Å². The Morgan fingerprint density at radius 2 is 2.07 bits per heavy atom. The van der Waals surface area contributed by atoms with E-state index < -0.39 is 21.7 Å². The lowest BCUT2D eigenvalue weighted by atomic mass is 10.0. The van der Waals surface area contributed by atoms with Crippen molar-refractivity contribution < 1.29 is 23.4 Å². The number of carbonyl (C=O) groups is 1. The van der Waals surface area contributed by atoms with Crippen LogP contribution in [0, 0.1) is 5.92 Å². The molecule has 7 heteroatoms. The second kappa shape index (κ2) is 6.76. The molecule has 0 aliphatic heterocycles. The predicted molar refractivity (Wildman–Crippen MR) is 54.9 cm³/mol. The monoisotopic (exact) mass is 239 g/mol. The van der Waals surface area contributed by atoms with E-state index in [4.69, 9.17) is 10.2 Å². The van der Waals surface area contributed by atoms with E-state index >= 15 is 0 Å². The van der Waals surface area contributed by atoms with Crippen LogP contribution in [0.2, 0.25) is 0 Å². The van der Waals surface area contributed by atoms with Crippen LogP contribution in [0.5, 0.6) is 0 Å². The lowest BCUT2D eigenvalue weighted by molar-refractivity contribution is -0.134. The Balaban J connectivity index is 4.06. The molecule has 0 aromatic carbocycles. The van der Waals surface area contributed by atoms with Gasteiger partial charge in [0.05, 0.1) is 0 Å². The molecular weight excluding hydrogens is 222 g/mol. The molecule has 15 heavy (non-hydrogen) atoms. The van der Waals surface area contributed by atoms with E-state index in [2.05, 4.69) is 4.72 Å². The zero-order valence-corrected chi connectivity index (χ0v) is 9.46. The predicted octanol–water partition coefficient (Wildman–Crippen LogP) is -0.601. The molecule has 1 atom stereocenters. The van der Waals surface area contributed by atoms with Crippen LogP contribution in [0.3, 0.4) is 0 Å². The van der Waals surface area contributed by atoms with Crippen molar-refractivity contribution in [2.45, 2.75) is 19.8 Å². The lowest BCUT2D eigenvalue weighted by Gasteiger charge is -2.13. The van der Waals surface area contributed by atoms with E-state index in [1.54, 1.807) is 0 Å². The molecule has 0 aromatic rings. The fourth-order valence-corrected chi connectivity index (χ4v) is 2.01. The number of hydrogen-bond donors (Lipinski definition) is 3. The van der Waals surface area contributed by atoms with Crippen LogP contribution in [0.25, 0.3) is 0 Å². The van der Waals surface area contributed by atoms with Gasteiger partial charge in [0, 0.05) is 13.2 Å². The van der Waals surface area contributed by atoms with Crippen molar-refractivity contribution in [3.8, 4) is 0 Å². The average Bonchev–Trinajstić information content (AvgIpc) is 2.10. The number of rotatable bonds is 8. The number of aliphatic hydroxyl groups excluding tert-OH is 1. The molecular formula is C8H17NO5S. The van der Waals surface area contributed by atoms with Gasteiger partial charge in [-0.2, -0.15) is 0 Å². The van der Waals surface area contributed by atoms with Gasteiger partial charge in [-0.1, -0.05) is 13.3 Å². The minimum atomic E-state index is -3.74. The van der Waals surface area contributed by atoms with E-state index in [0.29, 0.717) is 6.42 Å². The number of hydrogen-bond acceptors (Lipinski definition) is 4. The van der Waals surface area contributed by atoms with Crippen LogP contribution < -0.4 is 4.72 Å². The smallest absolute Gasteiger partial charge is 0.320 e. The Bertz CT molecular complexity index is 287. The standard InChI is InChI=1S/C8H17NO5S/c1-2-7(3-4-10)5-9-15(13,14)6-8(11)12/h7,9-10H,2-6H2,1H3,(H,11,12). The first kappa shape index (κ1) is 14.3.